The summed E-state index contributed by atoms with van der Waals surface area (Å²) in [7, 11) is 0. The average Bonchev–Trinajstić information content (AvgIpc) is 3.13. The van der Waals surface area contributed by atoms with Gasteiger partial charge in [-0.1, -0.05) is 58.7 Å². The van der Waals surface area contributed by atoms with Crippen molar-refractivity contribution in [1.29, 1.82) is 0 Å². The Morgan fingerprint density at radius 2 is 1.87 bits per heavy atom. The Hall–Kier alpha value is -2.07. The Labute approximate surface area is 195 Å². The molecule has 31 heavy (non-hydrogen) atoms. The van der Waals surface area contributed by atoms with Gasteiger partial charge in [-0.2, -0.15) is 8.78 Å². The van der Waals surface area contributed by atoms with E-state index in [0.29, 0.717) is 28.8 Å². The Bertz CT molecular complexity index is 1100. The van der Waals surface area contributed by atoms with Crippen molar-refractivity contribution < 1.29 is 18.3 Å². The van der Waals surface area contributed by atoms with Crippen LogP contribution in [0.25, 0.3) is 11.4 Å². The number of para-hydroxylation sites is 1. The summed E-state index contributed by atoms with van der Waals surface area (Å²) in [6.45, 7) is -0.665. The zero-order chi connectivity index (χ0) is 22.5. The quantitative estimate of drug-likeness (QED) is 0.288. The molecule has 0 spiro atoms. The molecule has 1 amide bonds. The van der Waals surface area contributed by atoms with Gasteiger partial charge in [0.15, 0.2) is 11.0 Å². The zero-order valence-electron chi connectivity index (χ0n) is 15.9. The highest BCUT2D eigenvalue weighted by Crippen LogP contribution is 2.33. The summed E-state index contributed by atoms with van der Waals surface area (Å²) in [6, 6.07) is 9.21. The topological polar surface area (TPSA) is 69.0 Å². The molecule has 3 aromatic rings. The molecule has 1 N–H and O–H groups in total. The second-order valence-corrected chi connectivity index (χ2v) is 8.17. The Balaban J connectivity index is 1.75. The van der Waals surface area contributed by atoms with E-state index in [9.17, 15) is 13.6 Å². The first-order chi connectivity index (χ1) is 14.8. The van der Waals surface area contributed by atoms with Crippen LogP contribution in [0.3, 0.4) is 0 Å². The van der Waals surface area contributed by atoms with Crippen molar-refractivity contribution in [2.24, 2.45) is 0 Å². The predicted molar refractivity (Wildman–Crippen MR) is 119 cm³/mol. The van der Waals surface area contributed by atoms with E-state index in [2.05, 4.69) is 20.3 Å². The van der Waals surface area contributed by atoms with Crippen molar-refractivity contribution in [3.05, 3.63) is 51.5 Å². The molecule has 0 atom stereocenters. The molecule has 3 rings (SSSR count). The molecule has 1 aromatic heterocycles. The number of rotatable bonds is 8. The van der Waals surface area contributed by atoms with Crippen molar-refractivity contribution in [3.63, 3.8) is 0 Å². The first kappa shape index (κ1) is 23.6. The number of nitrogens with zero attached hydrogens (tertiary/aromatic N) is 3. The van der Waals surface area contributed by atoms with Crippen LogP contribution in [-0.2, 0) is 11.3 Å². The zero-order valence-corrected chi connectivity index (χ0v) is 19.0. The number of hydrogen-bond donors (Lipinski definition) is 1. The smallest absolute Gasteiger partial charge is 0.387 e. The monoisotopic (exact) mass is 506 g/mol. The third-order valence-corrected chi connectivity index (χ3v) is 6.00. The van der Waals surface area contributed by atoms with Crippen molar-refractivity contribution in [2.45, 2.75) is 25.2 Å². The molecular formula is C19H15Cl3F2N4O2S. The van der Waals surface area contributed by atoms with Gasteiger partial charge in [-0.25, -0.2) is 0 Å². The summed E-state index contributed by atoms with van der Waals surface area (Å²) < 4.78 is 31.7. The first-order valence-corrected chi connectivity index (χ1v) is 11.0. The van der Waals surface area contributed by atoms with Gasteiger partial charge in [-0.15, -0.1) is 10.2 Å². The molecular weight excluding hydrogens is 493 g/mol. The number of anilines is 1. The van der Waals surface area contributed by atoms with Crippen LogP contribution in [0.4, 0.5) is 14.5 Å². The molecule has 6 nitrogen and oxygen atoms in total. The van der Waals surface area contributed by atoms with E-state index in [1.165, 1.54) is 18.2 Å². The second kappa shape index (κ2) is 10.5. The third kappa shape index (κ3) is 5.79. The lowest BCUT2D eigenvalue weighted by molar-refractivity contribution is -0.113. The van der Waals surface area contributed by atoms with Gasteiger partial charge in [0, 0.05) is 6.54 Å². The number of thioether (sulfide) groups is 1. The summed E-state index contributed by atoms with van der Waals surface area (Å²) in [5.74, 6) is 0.000398. The number of ether oxygens (including phenoxy) is 1. The van der Waals surface area contributed by atoms with Crippen LogP contribution in [-0.4, -0.2) is 33.0 Å². The van der Waals surface area contributed by atoms with Crippen molar-refractivity contribution >= 4 is 58.2 Å². The number of carbonyl (C=O) groups is 1. The van der Waals surface area contributed by atoms with E-state index in [1.807, 2.05) is 6.92 Å². The minimum atomic E-state index is -2.97. The maximum Gasteiger partial charge on any atom is 0.387 e. The molecule has 0 saturated carbocycles. The van der Waals surface area contributed by atoms with E-state index in [4.69, 9.17) is 34.8 Å². The number of nitrogens with one attached hydrogen (secondary N) is 1. The molecule has 0 bridgehead atoms. The number of amides is 1. The molecule has 0 aliphatic carbocycles. The van der Waals surface area contributed by atoms with Crippen LogP contribution < -0.4 is 10.1 Å². The maximum absolute atomic E-state index is 12.7. The largest absolute Gasteiger partial charge is 0.434 e. The van der Waals surface area contributed by atoms with E-state index >= 15 is 0 Å². The minimum Gasteiger partial charge on any atom is -0.434 e. The summed E-state index contributed by atoms with van der Waals surface area (Å²) in [5.41, 5.74) is 0.702. The Morgan fingerprint density at radius 1 is 1.16 bits per heavy atom. The normalized spacial score (nSPS) is 11.1. The fraction of sp³-hybridized carbons (Fsp3) is 0.211. The summed E-state index contributed by atoms with van der Waals surface area (Å²) in [4.78, 5) is 12.4. The number of carbonyl (C=O) groups excluding carboxylic acids is 1. The van der Waals surface area contributed by atoms with Crippen molar-refractivity contribution in [2.75, 3.05) is 11.1 Å². The number of benzene rings is 2. The predicted octanol–water partition coefficient (Wildman–Crippen LogP) is 6.26. The number of hydrogen-bond acceptors (Lipinski definition) is 5. The number of alkyl halides is 2. The standard InChI is InChI=1S/C19H15Cl3F2N4O2S/c1-2-28-17(10-5-3-4-6-15(10)30-18(23)24)26-27-19(28)31-9-16(29)25-14-8-12(21)11(20)7-13(14)22/h3-8,18H,2,9H2,1H3,(H,25,29). The van der Waals surface area contributed by atoms with Crippen LogP contribution in [0.15, 0.2) is 41.6 Å². The highest BCUT2D eigenvalue weighted by molar-refractivity contribution is 7.99. The van der Waals surface area contributed by atoms with Gasteiger partial charge in [-0.3, -0.25) is 4.79 Å². The molecule has 0 aliphatic rings. The average molecular weight is 508 g/mol. The van der Waals surface area contributed by atoms with Gasteiger partial charge in [0.2, 0.25) is 5.91 Å². The van der Waals surface area contributed by atoms with Gasteiger partial charge in [0.05, 0.1) is 32.1 Å². The first-order valence-electron chi connectivity index (χ1n) is 8.84. The fourth-order valence-corrected chi connectivity index (χ4v) is 4.06. The second-order valence-electron chi connectivity index (χ2n) is 6.01. The summed E-state index contributed by atoms with van der Waals surface area (Å²) in [6.07, 6.45) is 0. The molecule has 0 aliphatic heterocycles. The van der Waals surface area contributed by atoms with E-state index in [-0.39, 0.29) is 32.5 Å². The summed E-state index contributed by atoms with van der Waals surface area (Å²) in [5, 5.41) is 12.1. The van der Waals surface area contributed by atoms with Gasteiger partial charge in [0.1, 0.15) is 5.75 Å². The van der Waals surface area contributed by atoms with Gasteiger partial charge in [-0.05, 0) is 31.2 Å². The Kier molecular flexibility index (Phi) is 7.99. The lowest BCUT2D eigenvalue weighted by atomic mass is 10.2. The van der Waals surface area contributed by atoms with Gasteiger partial charge in [0.25, 0.3) is 0 Å². The third-order valence-electron chi connectivity index (χ3n) is 3.99. The van der Waals surface area contributed by atoms with E-state index in [0.717, 1.165) is 11.8 Å². The molecule has 164 valence electrons. The summed E-state index contributed by atoms with van der Waals surface area (Å²) >= 11 is 19.1. The lowest BCUT2D eigenvalue weighted by Crippen LogP contribution is -2.15. The molecule has 0 radical (unpaired) electrons. The Morgan fingerprint density at radius 3 is 2.58 bits per heavy atom. The van der Waals surface area contributed by atoms with Crippen LogP contribution >= 0.6 is 46.6 Å². The maximum atomic E-state index is 12.7. The molecule has 2 aromatic carbocycles. The van der Waals surface area contributed by atoms with Crippen molar-refractivity contribution in [1.82, 2.24) is 14.8 Å². The molecule has 12 heteroatoms. The van der Waals surface area contributed by atoms with Crippen LogP contribution in [0, 0.1) is 0 Å². The van der Waals surface area contributed by atoms with Crippen LogP contribution in [0.1, 0.15) is 6.92 Å². The van der Waals surface area contributed by atoms with Crippen LogP contribution in [0.5, 0.6) is 5.75 Å². The highest BCUT2D eigenvalue weighted by Gasteiger charge is 2.19. The van der Waals surface area contributed by atoms with Gasteiger partial charge >= 0.3 is 6.61 Å². The molecule has 1 heterocycles. The van der Waals surface area contributed by atoms with Gasteiger partial charge < -0.3 is 14.6 Å². The van der Waals surface area contributed by atoms with E-state index in [1.54, 1.807) is 22.8 Å². The van der Waals surface area contributed by atoms with Crippen LogP contribution in [0.2, 0.25) is 15.1 Å². The minimum absolute atomic E-state index is 0.00386. The number of halogens is 5. The lowest BCUT2D eigenvalue weighted by Gasteiger charge is -2.12. The SMILES string of the molecule is CCn1c(SCC(=O)Nc2cc(Cl)c(Cl)cc2Cl)nnc1-c1ccccc1OC(F)F. The highest BCUT2D eigenvalue weighted by atomic mass is 35.5. The van der Waals surface area contributed by atoms with Crippen molar-refractivity contribution in [3.8, 4) is 17.1 Å². The fourth-order valence-electron chi connectivity index (χ4n) is 2.66. The molecule has 0 fully saturated rings. The number of aromatic nitrogens is 3. The van der Waals surface area contributed by atoms with E-state index < -0.39 is 6.61 Å². The molecule has 0 saturated heterocycles. The molecule has 0 unspecified atom stereocenters.